The van der Waals surface area contributed by atoms with Gasteiger partial charge in [0.1, 0.15) is 0 Å². The fourth-order valence-corrected chi connectivity index (χ4v) is 3.57. The third-order valence-electron chi connectivity index (χ3n) is 5.17. The van der Waals surface area contributed by atoms with Gasteiger partial charge in [-0.3, -0.25) is 9.78 Å². The van der Waals surface area contributed by atoms with Crippen LogP contribution in [0.5, 0.6) is 0 Å². The minimum Gasteiger partial charge on any atom is -0.337 e. The van der Waals surface area contributed by atoms with Gasteiger partial charge in [0.25, 0.3) is 5.91 Å². The highest BCUT2D eigenvalue weighted by molar-refractivity contribution is 5.94. The van der Waals surface area contributed by atoms with Crippen molar-refractivity contribution in [3.8, 4) is 5.69 Å². The third kappa shape index (κ3) is 3.97. The van der Waals surface area contributed by atoms with E-state index in [9.17, 15) is 4.79 Å². The van der Waals surface area contributed by atoms with E-state index in [0.29, 0.717) is 11.7 Å². The van der Waals surface area contributed by atoms with Gasteiger partial charge < -0.3 is 10.2 Å². The summed E-state index contributed by atoms with van der Waals surface area (Å²) in [4.78, 5) is 18.9. The van der Waals surface area contributed by atoms with Crippen molar-refractivity contribution >= 4 is 41.5 Å². The number of aromatic nitrogens is 4. The van der Waals surface area contributed by atoms with Gasteiger partial charge in [0.15, 0.2) is 5.69 Å². The molecule has 1 aliphatic heterocycles. The number of hydrogen-bond acceptors (Lipinski definition) is 5. The predicted octanol–water partition coefficient (Wildman–Crippen LogP) is 2.79. The molecule has 0 unspecified atom stereocenters. The van der Waals surface area contributed by atoms with Crippen molar-refractivity contribution in [1.29, 1.82) is 0 Å². The van der Waals surface area contributed by atoms with Gasteiger partial charge in [0.2, 0.25) is 0 Å². The van der Waals surface area contributed by atoms with Crippen molar-refractivity contribution in [2.24, 2.45) is 0 Å². The van der Waals surface area contributed by atoms with Gasteiger partial charge >= 0.3 is 0 Å². The first-order valence-electron chi connectivity index (χ1n) is 8.91. The Balaban J connectivity index is 0.00000140. The van der Waals surface area contributed by atoms with Gasteiger partial charge in [-0.15, -0.1) is 29.9 Å². The van der Waals surface area contributed by atoms with Gasteiger partial charge in [-0.2, -0.15) is 0 Å². The zero-order chi connectivity index (χ0) is 18.1. The molecule has 0 aliphatic carbocycles. The number of benzene rings is 1. The number of nitrogens with zero attached hydrogens (tertiary/aromatic N) is 5. The van der Waals surface area contributed by atoms with E-state index < -0.39 is 0 Å². The van der Waals surface area contributed by atoms with Gasteiger partial charge in [-0.05, 0) is 38.9 Å². The molecule has 2 aromatic heterocycles. The molecule has 0 radical (unpaired) electrons. The largest absolute Gasteiger partial charge is 0.337 e. The monoisotopic (exact) mass is 422 g/mol. The first kappa shape index (κ1) is 22.1. The lowest BCUT2D eigenvalue weighted by molar-refractivity contribution is 0.0700. The maximum atomic E-state index is 12.9. The van der Waals surface area contributed by atoms with E-state index in [-0.39, 0.29) is 30.7 Å². The summed E-state index contributed by atoms with van der Waals surface area (Å²) in [5.74, 6) is -0.0368. The van der Waals surface area contributed by atoms with Crippen LogP contribution in [0.2, 0.25) is 0 Å². The van der Waals surface area contributed by atoms with Crippen LogP contribution in [0.15, 0.2) is 36.7 Å². The second-order valence-electron chi connectivity index (χ2n) is 6.66. The lowest BCUT2D eigenvalue weighted by Gasteiger charge is -2.31. The highest BCUT2D eigenvalue weighted by Crippen LogP contribution is 2.23. The molecule has 0 spiro atoms. The maximum Gasteiger partial charge on any atom is 0.276 e. The zero-order valence-electron chi connectivity index (χ0n) is 15.8. The van der Waals surface area contributed by atoms with Crippen LogP contribution in [0.1, 0.15) is 29.0 Å². The molecule has 0 saturated carbocycles. The second-order valence-corrected chi connectivity index (χ2v) is 6.66. The molecule has 0 bridgehead atoms. The lowest BCUT2D eigenvalue weighted by Crippen LogP contribution is -2.44. The second kappa shape index (κ2) is 9.32. The standard InChI is InChI=1S/C19H22N6O.2ClH/c1-13-18(19(26)24-10-7-15(20-2)8-11-24)22-23-25(13)17-5-3-4-14-12-21-9-6-16(14)17;;/h3-6,9,12,15,20H,7-8,10-11H2,1-2H3;2*1H. The quantitative estimate of drug-likeness (QED) is 0.701. The molecule has 28 heavy (non-hydrogen) atoms. The number of amides is 1. The van der Waals surface area contributed by atoms with Gasteiger partial charge in [-0.25, -0.2) is 4.68 Å². The number of pyridine rings is 1. The molecular formula is C19H24Cl2N6O. The summed E-state index contributed by atoms with van der Waals surface area (Å²) in [5, 5.41) is 13.8. The van der Waals surface area contributed by atoms with Crippen molar-refractivity contribution in [2.45, 2.75) is 25.8 Å². The molecule has 1 aromatic carbocycles. The molecule has 3 heterocycles. The summed E-state index contributed by atoms with van der Waals surface area (Å²) in [5.41, 5.74) is 2.09. The number of carbonyl (C=O) groups is 1. The van der Waals surface area contributed by atoms with Crippen molar-refractivity contribution in [3.63, 3.8) is 0 Å². The molecule has 1 fully saturated rings. The number of fused-ring (bicyclic) bond motifs is 1. The number of likely N-dealkylation sites (tertiary alicyclic amines) is 1. The molecule has 1 N–H and O–H groups in total. The Morgan fingerprint density at radius 2 is 1.93 bits per heavy atom. The van der Waals surface area contributed by atoms with E-state index in [1.165, 1.54) is 0 Å². The summed E-state index contributed by atoms with van der Waals surface area (Å²) < 4.78 is 1.75. The number of halogens is 2. The fourth-order valence-electron chi connectivity index (χ4n) is 3.57. The molecule has 1 amide bonds. The van der Waals surface area contributed by atoms with Crippen LogP contribution < -0.4 is 5.32 Å². The predicted molar refractivity (Wildman–Crippen MR) is 114 cm³/mol. The third-order valence-corrected chi connectivity index (χ3v) is 5.17. The van der Waals surface area contributed by atoms with Crippen LogP contribution in [0, 0.1) is 6.92 Å². The smallest absolute Gasteiger partial charge is 0.276 e. The highest BCUT2D eigenvalue weighted by Gasteiger charge is 2.27. The summed E-state index contributed by atoms with van der Waals surface area (Å²) in [6, 6.07) is 8.40. The number of piperidine rings is 1. The topological polar surface area (TPSA) is 75.9 Å². The normalized spacial score (nSPS) is 14.4. The Morgan fingerprint density at radius 3 is 2.64 bits per heavy atom. The van der Waals surface area contributed by atoms with E-state index in [2.05, 4.69) is 20.6 Å². The first-order chi connectivity index (χ1) is 12.7. The summed E-state index contributed by atoms with van der Waals surface area (Å²) in [6.45, 7) is 3.39. The van der Waals surface area contributed by atoms with E-state index in [0.717, 1.165) is 48.1 Å². The van der Waals surface area contributed by atoms with Crippen molar-refractivity contribution in [2.75, 3.05) is 20.1 Å². The van der Waals surface area contributed by atoms with Crippen molar-refractivity contribution in [3.05, 3.63) is 48.0 Å². The van der Waals surface area contributed by atoms with E-state index in [1.54, 1.807) is 10.9 Å². The first-order valence-corrected chi connectivity index (χ1v) is 8.91. The van der Waals surface area contributed by atoms with Gasteiger partial charge in [0.05, 0.1) is 11.4 Å². The average molecular weight is 423 g/mol. The fraction of sp³-hybridized carbons (Fsp3) is 0.368. The Morgan fingerprint density at radius 1 is 1.18 bits per heavy atom. The van der Waals surface area contributed by atoms with Crippen molar-refractivity contribution < 1.29 is 4.79 Å². The number of carbonyl (C=O) groups excluding carboxylic acids is 1. The molecule has 9 heteroatoms. The van der Waals surface area contributed by atoms with Crippen LogP contribution in [0.25, 0.3) is 16.5 Å². The molecule has 150 valence electrons. The van der Waals surface area contributed by atoms with Crippen molar-refractivity contribution in [1.82, 2.24) is 30.2 Å². The molecule has 0 atom stereocenters. The van der Waals surface area contributed by atoms with Gasteiger partial charge in [-0.1, -0.05) is 17.3 Å². The molecule has 1 saturated heterocycles. The molecular weight excluding hydrogens is 399 g/mol. The molecule has 7 nitrogen and oxygen atoms in total. The van der Waals surface area contributed by atoms with Crippen LogP contribution in [0.4, 0.5) is 0 Å². The molecule has 3 aromatic rings. The van der Waals surface area contributed by atoms with E-state index in [4.69, 9.17) is 0 Å². The minimum absolute atomic E-state index is 0. The van der Waals surface area contributed by atoms with Crippen LogP contribution >= 0.6 is 24.8 Å². The number of rotatable bonds is 3. The minimum atomic E-state index is -0.0368. The highest BCUT2D eigenvalue weighted by atomic mass is 35.5. The van der Waals surface area contributed by atoms with Crippen LogP contribution in [0.3, 0.4) is 0 Å². The maximum absolute atomic E-state index is 12.9. The zero-order valence-corrected chi connectivity index (χ0v) is 17.5. The Labute approximate surface area is 176 Å². The summed E-state index contributed by atoms with van der Waals surface area (Å²) >= 11 is 0. The molecule has 4 rings (SSSR count). The summed E-state index contributed by atoms with van der Waals surface area (Å²) in [7, 11) is 1.97. The van der Waals surface area contributed by atoms with E-state index >= 15 is 0 Å². The lowest BCUT2D eigenvalue weighted by atomic mass is 10.0. The van der Waals surface area contributed by atoms with Crippen LogP contribution in [-0.4, -0.2) is 57.0 Å². The number of nitrogens with one attached hydrogen (secondary N) is 1. The Bertz CT molecular complexity index is 947. The number of hydrogen-bond donors (Lipinski definition) is 1. The van der Waals surface area contributed by atoms with Crippen LogP contribution in [-0.2, 0) is 0 Å². The molecule has 1 aliphatic rings. The Kier molecular flexibility index (Phi) is 7.35. The van der Waals surface area contributed by atoms with E-state index in [1.807, 2.05) is 49.3 Å². The Hall–Kier alpha value is -2.22. The average Bonchev–Trinajstić information content (AvgIpc) is 3.08. The summed E-state index contributed by atoms with van der Waals surface area (Å²) in [6.07, 6.45) is 5.51. The van der Waals surface area contributed by atoms with Gasteiger partial charge in [0, 0.05) is 42.3 Å². The SMILES string of the molecule is CNC1CCN(C(=O)c2nnn(-c3cccc4cnccc34)c2C)CC1.Cl.Cl.